The molecule has 100 valence electrons. The molecule has 4 heteroatoms. The molecule has 3 nitrogen and oxygen atoms in total. The fraction of sp³-hybridized carbons (Fsp3) is 0.643. The summed E-state index contributed by atoms with van der Waals surface area (Å²) in [6.07, 6.45) is 2.61. The van der Waals surface area contributed by atoms with Crippen molar-refractivity contribution in [3.8, 4) is 0 Å². The quantitative estimate of drug-likeness (QED) is 0.837. The average Bonchev–Trinajstić information content (AvgIpc) is 2.78. The van der Waals surface area contributed by atoms with Crippen LogP contribution in [0.1, 0.15) is 25.3 Å². The largest absolute Gasteiger partial charge is 0.339 e. The Balaban J connectivity index is 1.87. The summed E-state index contributed by atoms with van der Waals surface area (Å²) in [5.74, 6) is 0.309. The second kappa shape index (κ2) is 6.34. The van der Waals surface area contributed by atoms with Crippen molar-refractivity contribution in [2.75, 3.05) is 26.7 Å². The van der Waals surface area contributed by atoms with E-state index in [0.717, 1.165) is 32.5 Å². The third kappa shape index (κ3) is 3.56. The summed E-state index contributed by atoms with van der Waals surface area (Å²) in [7, 11) is 2.13. The van der Waals surface area contributed by atoms with Crippen LogP contribution in [0.4, 0.5) is 0 Å². The predicted octanol–water partition coefficient (Wildman–Crippen LogP) is 2.23. The highest BCUT2D eigenvalue weighted by atomic mass is 32.1. The maximum Gasteiger partial charge on any atom is 0.223 e. The molecule has 0 unspecified atom stereocenters. The van der Waals surface area contributed by atoms with Crippen molar-refractivity contribution in [2.24, 2.45) is 0 Å². The van der Waals surface area contributed by atoms with Gasteiger partial charge in [-0.1, -0.05) is 0 Å². The SMILES string of the molecule is C[C@H]1CN(C)CCCN1C(=O)CCc1ccsc1. The molecule has 18 heavy (non-hydrogen) atoms. The number of carbonyl (C=O) groups excluding carboxylic acids is 1. The lowest BCUT2D eigenvalue weighted by atomic mass is 10.1. The highest BCUT2D eigenvalue weighted by Crippen LogP contribution is 2.13. The van der Waals surface area contributed by atoms with Crippen LogP contribution in [0.3, 0.4) is 0 Å². The lowest BCUT2D eigenvalue weighted by molar-refractivity contribution is -0.133. The molecule has 0 spiro atoms. The van der Waals surface area contributed by atoms with Crippen LogP contribution in [0, 0.1) is 0 Å². The standard InChI is InChI=1S/C14H22N2OS/c1-12-10-15(2)7-3-8-16(12)14(17)5-4-13-6-9-18-11-13/h6,9,11-12H,3-5,7-8,10H2,1-2H3/t12-/m0/s1. The first-order valence-corrected chi connectivity index (χ1v) is 7.60. The zero-order valence-corrected chi connectivity index (χ0v) is 12.1. The van der Waals surface area contributed by atoms with Crippen LogP contribution in [0.25, 0.3) is 0 Å². The second-order valence-electron chi connectivity index (χ2n) is 5.18. The Kier molecular flexibility index (Phi) is 4.78. The Morgan fingerprint density at radius 1 is 1.50 bits per heavy atom. The van der Waals surface area contributed by atoms with Crippen LogP contribution >= 0.6 is 11.3 Å². The van der Waals surface area contributed by atoms with Crippen LogP contribution in [0.5, 0.6) is 0 Å². The van der Waals surface area contributed by atoms with E-state index in [9.17, 15) is 4.79 Å². The topological polar surface area (TPSA) is 23.6 Å². The number of nitrogens with zero attached hydrogens (tertiary/aromatic N) is 2. The second-order valence-corrected chi connectivity index (χ2v) is 5.96. The number of thiophene rings is 1. The van der Waals surface area contributed by atoms with Gasteiger partial charge in [-0.25, -0.2) is 0 Å². The Labute approximate surface area is 113 Å². The average molecular weight is 266 g/mol. The highest BCUT2D eigenvalue weighted by Gasteiger charge is 2.23. The smallest absolute Gasteiger partial charge is 0.223 e. The van der Waals surface area contributed by atoms with Gasteiger partial charge < -0.3 is 9.80 Å². The van der Waals surface area contributed by atoms with Gasteiger partial charge >= 0.3 is 0 Å². The number of amides is 1. The number of rotatable bonds is 3. The minimum absolute atomic E-state index is 0.309. The van der Waals surface area contributed by atoms with Gasteiger partial charge in [0.05, 0.1) is 0 Å². The Hall–Kier alpha value is -0.870. The molecule has 2 rings (SSSR count). The first-order valence-electron chi connectivity index (χ1n) is 6.66. The van der Waals surface area contributed by atoms with Gasteiger partial charge in [-0.3, -0.25) is 4.79 Å². The maximum atomic E-state index is 12.3. The van der Waals surface area contributed by atoms with Crippen molar-refractivity contribution >= 4 is 17.2 Å². The molecule has 1 fully saturated rings. The molecule has 0 radical (unpaired) electrons. The molecule has 1 amide bonds. The van der Waals surface area contributed by atoms with Crippen molar-refractivity contribution in [3.63, 3.8) is 0 Å². The van der Waals surface area contributed by atoms with E-state index >= 15 is 0 Å². The van der Waals surface area contributed by atoms with Gasteiger partial charge in [0.15, 0.2) is 0 Å². The summed E-state index contributed by atoms with van der Waals surface area (Å²) < 4.78 is 0. The number of hydrogen-bond donors (Lipinski definition) is 0. The molecule has 0 aromatic carbocycles. The minimum atomic E-state index is 0.309. The van der Waals surface area contributed by atoms with E-state index in [4.69, 9.17) is 0 Å². The van der Waals surface area contributed by atoms with E-state index in [1.807, 2.05) is 0 Å². The van der Waals surface area contributed by atoms with Gasteiger partial charge in [0, 0.05) is 25.6 Å². The molecule has 1 aliphatic heterocycles. The van der Waals surface area contributed by atoms with Crippen LogP contribution in [0.15, 0.2) is 16.8 Å². The highest BCUT2D eigenvalue weighted by molar-refractivity contribution is 7.07. The van der Waals surface area contributed by atoms with Crippen molar-refractivity contribution in [2.45, 2.75) is 32.2 Å². The molecule has 1 atom stereocenters. The fourth-order valence-electron chi connectivity index (χ4n) is 2.57. The molecule has 2 heterocycles. The first kappa shape index (κ1) is 13.6. The van der Waals surface area contributed by atoms with Crippen molar-refractivity contribution in [1.29, 1.82) is 0 Å². The number of carbonyl (C=O) groups is 1. The lowest BCUT2D eigenvalue weighted by Gasteiger charge is -2.28. The summed E-state index contributed by atoms with van der Waals surface area (Å²) in [6, 6.07) is 2.45. The van der Waals surface area contributed by atoms with Gasteiger partial charge in [-0.2, -0.15) is 11.3 Å². The zero-order chi connectivity index (χ0) is 13.0. The van der Waals surface area contributed by atoms with Crippen molar-refractivity contribution in [1.82, 2.24) is 9.80 Å². The number of hydrogen-bond acceptors (Lipinski definition) is 3. The van der Waals surface area contributed by atoms with Gasteiger partial charge in [0.1, 0.15) is 0 Å². The lowest BCUT2D eigenvalue weighted by Crippen LogP contribution is -2.42. The molecule has 1 saturated heterocycles. The van der Waals surface area contributed by atoms with Gasteiger partial charge in [0.25, 0.3) is 0 Å². The van der Waals surface area contributed by atoms with Crippen LogP contribution in [-0.2, 0) is 11.2 Å². The summed E-state index contributed by atoms with van der Waals surface area (Å²) in [5, 5.41) is 4.20. The molecular weight excluding hydrogens is 244 g/mol. The third-order valence-electron chi connectivity index (χ3n) is 3.57. The van der Waals surface area contributed by atoms with Gasteiger partial charge in [0.2, 0.25) is 5.91 Å². The van der Waals surface area contributed by atoms with Gasteiger partial charge in [-0.15, -0.1) is 0 Å². The third-order valence-corrected chi connectivity index (χ3v) is 4.31. The molecule has 0 bridgehead atoms. The Bertz CT molecular complexity index is 377. The predicted molar refractivity (Wildman–Crippen MR) is 75.9 cm³/mol. The van der Waals surface area contributed by atoms with Crippen LogP contribution < -0.4 is 0 Å². The zero-order valence-electron chi connectivity index (χ0n) is 11.3. The van der Waals surface area contributed by atoms with E-state index < -0.39 is 0 Å². The number of aryl methyl sites for hydroxylation is 1. The summed E-state index contributed by atoms with van der Waals surface area (Å²) in [6.45, 7) is 5.15. The molecule has 1 aliphatic rings. The summed E-state index contributed by atoms with van der Waals surface area (Å²) >= 11 is 1.70. The summed E-state index contributed by atoms with van der Waals surface area (Å²) in [5.41, 5.74) is 1.29. The number of likely N-dealkylation sites (N-methyl/N-ethyl adjacent to an activating group) is 1. The van der Waals surface area contributed by atoms with Crippen molar-refractivity contribution < 1.29 is 4.79 Å². The molecule has 0 saturated carbocycles. The van der Waals surface area contributed by atoms with E-state index in [2.05, 4.69) is 40.6 Å². The van der Waals surface area contributed by atoms with E-state index in [0.29, 0.717) is 18.4 Å². The van der Waals surface area contributed by atoms with Crippen LogP contribution in [-0.4, -0.2) is 48.4 Å². The molecule has 0 N–H and O–H groups in total. The maximum absolute atomic E-state index is 12.3. The Morgan fingerprint density at radius 2 is 2.33 bits per heavy atom. The minimum Gasteiger partial charge on any atom is -0.339 e. The molecule has 1 aromatic rings. The van der Waals surface area contributed by atoms with E-state index in [-0.39, 0.29) is 0 Å². The molecule has 0 aliphatic carbocycles. The Morgan fingerprint density at radius 3 is 3.06 bits per heavy atom. The molecular formula is C14H22N2OS. The first-order chi connectivity index (χ1) is 8.66. The van der Waals surface area contributed by atoms with Crippen molar-refractivity contribution in [3.05, 3.63) is 22.4 Å². The van der Waals surface area contributed by atoms with E-state index in [1.165, 1.54) is 5.56 Å². The van der Waals surface area contributed by atoms with Crippen LogP contribution in [0.2, 0.25) is 0 Å². The fourth-order valence-corrected chi connectivity index (χ4v) is 3.28. The monoisotopic (exact) mass is 266 g/mol. The molecule has 1 aromatic heterocycles. The normalized spacial score (nSPS) is 21.9. The van der Waals surface area contributed by atoms with E-state index in [1.54, 1.807) is 11.3 Å². The van der Waals surface area contributed by atoms with Gasteiger partial charge in [-0.05, 0) is 55.7 Å². The summed E-state index contributed by atoms with van der Waals surface area (Å²) in [4.78, 5) is 16.7.